The van der Waals surface area contributed by atoms with E-state index in [1.165, 1.54) is 13.1 Å². The first-order valence-electron chi connectivity index (χ1n) is 9.40. The number of alkyl halides is 2. The molecule has 0 aliphatic heterocycles. The zero-order valence-corrected chi connectivity index (χ0v) is 16.8. The van der Waals surface area contributed by atoms with Crippen LogP contribution in [0.25, 0.3) is 0 Å². The van der Waals surface area contributed by atoms with Gasteiger partial charge in [0.2, 0.25) is 17.5 Å². The highest BCUT2D eigenvalue weighted by atomic mass is 19.3. The molecule has 2 atom stereocenters. The normalized spacial score (nSPS) is 15.0. The van der Waals surface area contributed by atoms with Gasteiger partial charge >= 0.3 is 5.92 Å². The van der Waals surface area contributed by atoms with Crippen LogP contribution in [0.3, 0.4) is 0 Å². The molecule has 0 saturated carbocycles. The number of carbonyl (C=O) groups is 3. The molecule has 0 unspecified atom stereocenters. The van der Waals surface area contributed by atoms with Gasteiger partial charge in [-0.25, -0.2) is 0 Å². The van der Waals surface area contributed by atoms with Crippen molar-refractivity contribution in [3.8, 4) is 0 Å². The molecule has 1 rings (SSSR count). The average molecular weight is 397 g/mol. The minimum absolute atomic E-state index is 0.0220. The fourth-order valence-corrected chi connectivity index (χ4v) is 2.66. The molecule has 1 aromatic rings. The Morgan fingerprint density at radius 3 is 2.36 bits per heavy atom. The largest absolute Gasteiger partial charge is 0.364 e. The smallest absolute Gasteiger partial charge is 0.348 e. The highest BCUT2D eigenvalue weighted by Gasteiger charge is 2.59. The minimum Gasteiger partial charge on any atom is -0.348 e. The zero-order chi connectivity index (χ0) is 21.5. The number of aromatic nitrogens is 1. The second kappa shape index (κ2) is 9.82. The first kappa shape index (κ1) is 23.8. The molecule has 1 heterocycles. The van der Waals surface area contributed by atoms with Crippen molar-refractivity contribution in [1.82, 2.24) is 10.3 Å². The molecule has 8 heteroatoms. The summed E-state index contributed by atoms with van der Waals surface area (Å²) in [5, 5.41) is 2.41. The molecule has 3 N–H and O–H groups in total. The lowest BCUT2D eigenvalue weighted by atomic mass is 9.76. The van der Waals surface area contributed by atoms with Gasteiger partial charge in [0.1, 0.15) is 0 Å². The van der Waals surface area contributed by atoms with Crippen LogP contribution in [0.15, 0.2) is 24.4 Å². The number of Topliss-reactive ketones (excluding diaryl/α,β-unsaturated/α-hetero) is 2. The Hall–Kier alpha value is -2.22. The molecule has 0 saturated heterocycles. The number of rotatable bonds is 11. The van der Waals surface area contributed by atoms with Crippen LogP contribution in [0.2, 0.25) is 0 Å². The Balaban J connectivity index is 3.07. The number of amides is 1. The predicted octanol–water partition coefficient (Wildman–Crippen LogP) is 2.65. The quantitative estimate of drug-likeness (QED) is 0.559. The lowest BCUT2D eigenvalue weighted by molar-refractivity contribution is -0.164. The summed E-state index contributed by atoms with van der Waals surface area (Å²) in [4.78, 5) is 41.4. The van der Waals surface area contributed by atoms with Crippen LogP contribution in [0.5, 0.6) is 0 Å². The van der Waals surface area contributed by atoms with Crippen molar-refractivity contribution >= 4 is 17.5 Å². The van der Waals surface area contributed by atoms with Gasteiger partial charge in [0.05, 0.1) is 12.2 Å². The molecule has 0 aliphatic carbocycles. The molecule has 0 bridgehead atoms. The summed E-state index contributed by atoms with van der Waals surface area (Å²) in [6.07, 6.45) is 1.48. The number of ketones is 2. The van der Waals surface area contributed by atoms with Crippen molar-refractivity contribution in [3.63, 3.8) is 0 Å². The Labute approximate surface area is 164 Å². The second-order valence-electron chi connectivity index (χ2n) is 7.44. The van der Waals surface area contributed by atoms with Crippen molar-refractivity contribution < 1.29 is 23.2 Å². The topological polar surface area (TPSA) is 102 Å². The van der Waals surface area contributed by atoms with Gasteiger partial charge in [-0.2, -0.15) is 8.78 Å². The van der Waals surface area contributed by atoms with Crippen molar-refractivity contribution in [2.75, 3.05) is 0 Å². The van der Waals surface area contributed by atoms with E-state index in [2.05, 4.69) is 10.3 Å². The molecule has 0 spiro atoms. The summed E-state index contributed by atoms with van der Waals surface area (Å²) in [6, 6.07) is 5.02. The third-order valence-corrected chi connectivity index (χ3v) is 4.88. The van der Waals surface area contributed by atoms with E-state index < -0.39 is 41.3 Å². The van der Waals surface area contributed by atoms with Gasteiger partial charge in [0, 0.05) is 12.6 Å². The molecule has 6 nitrogen and oxygen atoms in total. The summed E-state index contributed by atoms with van der Waals surface area (Å²) < 4.78 is 29.2. The first-order chi connectivity index (χ1) is 13.0. The van der Waals surface area contributed by atoms with E-state index in [4.69, 9.17) is 5.73 Å². The first-order valence-corrected chi connectivity index (χ1v) is 9.40. The zero-order valence-electron chi connectivity index (χ0n) is 16.8. The maximum Gasteiger partial charge on any atom is 0.364 e. The third-order valence-electron chi connectivity index (χ3n) is 4.88. The molecular weight excluding hydrogens is 368 g/mol. The number of hydrogen-bond donors (Lipinski definition) is 2. The van der Waals surface area contributed by atoms with E-state index in [1.807, 2.05) is 0 Å². The van der Waals surface area contributed by atoms with Crippen LogP contribution in [-0.4, -0.2) is 33.9 Å². The van der Waals surface area contributed by atoms with E-state index in [1.54, 1.807) is 39.0 Å². The van der Waals surface area contributed by atoms with Gasteiger partial charge in [0.15, 0.2) is 5.54 Å². The molecule has 1 amide bonds. The summed E-state index contributed by atoms with van der Waals surface area (Å²) in [5.41, 5.74) is 3.92. The molecule has 0 aromatic carbocycles. The Morgan fingerprint density at radius 2 is 1.86 bits per heavy atom. The van der Waals surface area contributed by atoms with E-state index in [9.17, 15) is 23.2 Å². The van der Waals surface area contributed by atoms with Gasteiger partial charge in [-0.05, 0) is 30.4 Å². The molecule has 0 fully saturated rings. The molecule has 0 radical (unpaired) electrons. The molecule has 28 heavy (non-hydrogen) atoms. The van der Waals surface area contributed by atoms with E-state index in [-0.39, 0.29) is 25.3 Å². The summed E-state index contributed by atoms with van der Waals surface area (Å²) in [5.74, 6) is -9.62. The lowest BCUT2D eigenvalue weighted by Crippen LogP contribution is -2.68. The maximum atomic E-state index is 14.6. The van der Waals surface area contributed by atoms with Crippen molar-refractivity contribution in [3.05, 3.63) is 30.1 Å². The average Bonchev–Trinajstić information content (AvgIpc) is 2.68. The van der Waals surface area contributed by atoms with Crippen LogP contribution in [0.1, 0.15) is 52.7 Å². The van der Waals surface area contributed by atoms with E-state index in [0.29, 0.717) is 5.69 Å². The fraction of sp³-hybridized carbons (Fsp3) is 0.600. The number of carbonyl (C=O) groups excluding carboxylic acids is 3. The fourth-order valence-electron chi connectivity index (χ4n) is 2.66. The standard InChI is InChI=1S/C20H29F2N3O3/c1-5-14(4)19(23,18(28)25-12-15-8-6-7-11-24-15)17(27)20(21,22)16(26)10-9-13(2)3/h6-8,11,13-14H,5,9-10,12,23H2,1-4H3,(H,25,28)/t14-,19+/m0/s1. The van der Waals surface area contributed by atoms with Crippen LogP contribution in [0.4, 0.5) is 8.78 Å². The van der Waals surface area contributed by atoms with E-state index in [0.717, 1.165) is 0 Å². The van der Waals surface area contributed by atoms with Crippen molar-refractivity contribution in [2.45, 2.75) is 65.0 Å². The molecule has 1 aromatic heterocycles. The Bertz CT molecular complexity index is 695. The van der Waals surface area contributed by atoms with Gasteiger partial charge in [0.25, 0.3) is 0 Å². The summed E-state index contributed by atoms with van der Waals surface area (Å²) >= 11 is 0. The Morgan fingerprint density at radius 1 is 1.21 bits per heavy atom. The molecular formula is C20H29F2N3O3. The third kappa shape index (κ3) is 5.41. The molecule has 156 valence electrons. The predicted molar refractivity (Wildman–Crippen MR) is 101 cm³/mol. The minimum atomic E-state index is -4.32. The van der Waals surface area contributed by atoms with Crippen LogP contribution >= 0.6 is 0 Å². The van der Waals surface area contributed by atoms with Crippen LogP contribution in [0, 0.1) is 11.8 Å². The number of nitrogens with one attached hydrogen (secondary N) is 1. The van der Waals surface area contributed by atoms with Gasteiger partial charge < -0.3 is 11.1 Å². The lowest BCUT2D eigenvalue weighted by Gasteiger charge is -2.34. The van der Waals surface area contributed by atoms with Crippen LogP contribution < -0.4 is 11.1 Å². The summed E-state index contributed by atoms with van der Waals surface area (Å²) in [6.45, 7) is 6.56. The SMILES string of the molecule is CC[C@H](C)[C@](N)(C(=O)NCc1ccccn1)C(=O)C(F)(F)C(=O)CCC(C)C. The summed E-state index contributed by atoms with van der Waals surface area (Å²) in [7, 11) is 0. The number of nitrogens with two attached hydrogens (primary N) is 1. The maximum absolute atomic E-state index is 14.6. The van der Waals surface area contributed by atoms with Gasteiger partial charge in [-0.15, -0.1) is 0 Å². The Kier molecular flexibility index (Phi) is 8.35. The molecule has 0 aliphatic rings. The van der Waals surface area contributed by atoms with E-state index >= 15 is 0 Å². The highest BCUT2D eigenvalue weighted by Crippen LogP contribution is 2.30. The number of halogens is 2. The van der Waals surface area contributed by atoms with Crippen molar-refractivity contribution in [2.24, 2.45) is 17.6 Å². The number of pyridine rings is 1. The number of hydrogen-bond acceptors (Lipinski definition) is 5. The van der Waals surface area contributed by atoms with Crippen molar-refractivity contribution in [1.29, 1.82) is 0 Å². The monoisotopic (exact) mass is 397 g/mol. The van der Waals surface area contributed by atoms with Crippen LogP contribution in [-0.2, 0) is 20.9 Å². The van der Waals surface area contributed by atoms with Gasteiger partial charge in [-0.3, -0.25) is 19.4 Å². The second-order valence-corrected chi connectivity index (χ2v) is 7.44. The van der Waals surface area contributed by atoms with Gasteiger partial charge in [-0.1, -0.05) is 40.2 Å². The highest BCUT2D eigenvalue weighted by molar-refractivity contribution is 6.21. The number of nitrogens with zero attached hydrogens (tertiary/aromatic N) is 1.